The molecular weight excluding hydrogens is 246 g/mol. The summed E-state index contributed by atoms with van der Waals surface area (Å²) < 4.78 is 0. The van der Waals surface area contributed by atoms with Gasteiger partial charge >= 0.3 is 5.97 Å². The van der Waals surface area contributed by atoms with E-state index in [9.17, 15) is 9.59 Å². The average Bonchev–Trinajstić information content (AvgIpc) is 2.28. The first-order valence-corrected chi connectivity index (χ1v) is 5.42. The average molecular weight is 258 g/mol. The van der Waals surface area contributed by atoms with Crippen molar-refractivity contribution in [3.63, 3.8) is 0 Å². The second-order valence-corrected chi connectivity index (χ2v) is 3.75. The third-order valence-electron chi connectivity index (χ3n) is 1.96. The van der Waals surface area contributed by atoms with Crippen molar-refractivity contribution in [1.82, 2.24) is 15.1 Å². The number of aromatic nitrogens is 2. The Labute approximate surface area is 103 Å². The van der Waals surface area contributed by atoms with Gasteiger partial charge in [-0.2, -0.15) is 0 Å². The van der Waals surface area contributed by atoms with Crippen LogP contribution in [-0.2, 0) is 4.79 Å². The standard InChI is InChI=1S/C10H12ClN3O3/c1-2-5-14(6-9(15)16)10(17)7-3-4-8(11)13-12-7/h3-4H,2,5-6H2,1H3,(H,15,16). The lowest BCUT2D eigenvalue weighted by molar-refractivity contribution is -0.137. The van der Waals surface area contributed by atoms with E-state index in [1.165, 1.54) is 17.0 Å². The van der Waals surface area contributed by atoms with E-state index in [1.54, 1.807) is 0 Å². The van der Waals surface area contributed by atoms with Gasteiger partial charge in [0.05, 0.1) is 0 Å². The van der Waals surface area contributed by atoms with Gasteiger partial charge in [-0.1, -0.05) is 18.5 Å². The molecule has 92 valence electrons. The Morgan fingerprint density at radius 2 is 2.12 bits per heavy atom. The van der Waals surface area contributed by atoms with Crippen molar-refractivity contribution < 1.29 is 14.7 Å². The highest BCUT2D eigenvalue weighted by molar-refractivity contribution is 6.29. The number of carbonyl (C=O) groups excluding carboxylic acids is 1. The Morgan fingerprint density at radius 1 is 1.41 bits per heavy atom. The second kappa shape index (κ2) is 6.15. The zero-order valence-corrected chi connectivity index (χ0v) is 10.0. The minimum absolute atomic E-state index is 0.0871. The molecule has 0 atom stereocenters. The summed E-state index contributed by atoms with van der Waals surface area (Å²) in [6.07, 6.45) is 0.667. The van der Waals surface area contributed by atoms with E-state index in [4.69, 9.17) is 16.7 Å². The lowest BCUT2D eigenvalue weighted by Gasteiger charge is -2.18. The summed E-state index contributed by atoms with van der Waals surface area (Å²) in [5, 5.41) is 16.0. The van der Waals surface area contributed by atoms with Gasteiger partial charge in [-0.05, 0) is 18.6 Å². The summed E-state index contributed by atoms with van der Waals surface area (Å²) in [5.41, 5.74) is 0.0871. The predicted molar refractivity (Wildman–Crippen MR) is 60.9 cm³/mol. The minimum atomic E-state index is -1.06. The van der Waals surface area contributed by atoms with Crippen molar-refractivity contribution in [2.45, 2.75) is 13.3 Å². The number of carboxylic acid groups (broad SMARTS) is 1. The van der Waals surface area contributed by atoms with Crippen LogP contribution in [0.25, 0.3) is 0 Å². The van der Waals surface area contributed by atoms with Crippen LogP contribution in [-0.4, -0.2) is 45.2 Å². The van der Waals surface area contributed by atoms with Crippen molar-refractivity contribution in [2.24, 2.45) is 0 Å². The smallest absolute Gasteiger partial charge is 0.323 e. The van der Waals surface area contributed by atoms with Crippen molar-refractivity contribution in [2.75, 3.05) is 13.1 Å². The Bertz CT molecular complexity index is 408. The van der Waals surface area contributed by atoms with E-state index < -0.39 is 11.9 Å². The first kappa shape index (κ1) is 13.4. The number of hydrogen-bond donors (Lipinski definition) is 1. The number of nitrogens with zero attached hydrogens (tertiary/aromatic N) is 3. The van der Waals surface area contributed by atoms with Gasteiger partial charge in [-0.15, -0.1) is 10.2 Å². The first-order valence-electron chi connectivity index (χ1n) is 5.05. The largest absolute Gasteiger partial charge is 0.480 e. The van der Waals surface area contributed by atoms with Crippen LogP contribution in [0, 0.1) is 0 Å². The molecule has 1 heterocycles. The third-order valence-corrected chi connectivity index (χ3v) is 2.16. The Balaban J connectivity index is 2.83. The molecule has 1 N–H and O–H groups in total. The molecule has 0 unspecified atom stereocenters. The van der Waals surface area contributed by atoms with E-state index >= 15 is 0 Å². The van der Waals surface area contributed by atoms with Gasteiger partial charge < -0.3 is 10.0 Å². The second-order valence-electron chi connectivity index (χ2n) is 3.36. The molecule has 0 aromatic carbocycles. The molecule has 0 aliphatic rings. The Kier molecular flexibility index (Phi) is 4.84. The summed E-state index contributed by atoms with van der Waals surface area (Å²) in [4.78, 5) is 23.7. The van der Waals surface area contributed by atoms with E-state index in [1.807, 2.05) is 6.92 Å². The maximum absolute atomic E-state index is 11.9. The zero-order chi connectivity index (χ0) is 12.8. The van der Waals surface area contributed by atoms with Gasteiger partial charge in [0.15, 0.2) is 10.8 Å². The summed E-state index contributed by atoms with van der Waals surface area (Å²) in [7, 11) is 0. The van der Waals surface area contributed by atoms with Crippen LogP contribution in [0.1, 0.15) is 23.8 Å². The monoisotopic (exact) mass is 257 g/mol. The third kappa shape index (κ3) is 3.99. The quantitative estimate of drug-likeness (QED) is 0.853. The molecule has 17 heavy (non-hydrogen) atoms. The van der Waals surface area contributed by atoms with Gasteiger partial charge in [0, 0.05) is 6.54 Å². The van der Waals surface area contributed by atoms with Crippen LogP contribution < -0.4 is 0 Å². The molecular formula is C10H12ClN3O3. The summed E-state index contributed by atoms with van der Waals surface area (Å²) in [5.74, 6) is -1.52. The van der Waals surface area contributed by atoms with Crippen LogP contribution in [0.5, 0.6) is 0 Å². The highest BCUT2D eigenvalue weighted by Gasteiger charge is 2.19. The topological polar surface area (TPSA) is 83.4 Å². The van der Waals surface area contributed by atoms with Gasteiger partial charge in [-0.25, -0.2) is 0 Å². The van der Waals surface area contributed by atoms with Crippen molar-refractivity contribution in [3.05, 3.63) is 23.0 Å². The molecule has 0 radical (unpaired) electrons. The van der Waals surface area contributed by atoms with E-state index in [2.05, 4.69) is 10.2 Å². The lowest BCUT2D eigenvalue weighted by atomic mass is 10.3. The minimum Gasteiger partial charge on any atom is -0.480 e. The summed E-state index contributed by atoms with van der Waals surface area (Å²) in [6, 6.07) is 2.86. The fourth-order valence-electron chi connectivity index (χ4n) is 1.28. The molecule has 0 saturated heterocycles. The molecule has 0 aliphatic heterocycles. The molecule has 1 amide bonds. The molecule has 1 aromatic heterocycles. The van der Waals surface area contributed by atoms with Crippen molar-refractivity contribution in [1.29, 1.82) is 0 Å². The van der Waals surface area contributed by atoms with Crippen LogP contribution in [0.15, 0.2) is 12.1 Å². The number of aliphatic carboxylic acids is 1. The van der Waals surface area contributed by atoms with Gasteiger partial charge in [-0.3, -0.25) is 9.59 Å². The number of rotatable bonds is 5. The molecule has 0 fully saturated rings. The number of halogens is 1. The van der Waals surface area contributed by atoms with Crippen LogP contribution in [0.4, 0.5) is 0 Å². The van der Waals surface area contributed by atoms with Gasteiger partial charge in [0.2, 0.25) is 0 Å². The zero-order valence-electron chi connectivity index (χ0n) is 9.26. The Morgan fingerprint density at radius 3 is 2.59 bits per heavy atom. The maximum Gasteiger partial charge on any atom is 0.323 e. The fraction of sp³-hybridized carbons (Fsp3) is 0.400. The number of hydrogen-bond acceptors (Lipinski definition) is 4. The van der Waals surface area contributed by atoms with Crippen LogP contribution in [0.3, 0.4) is 0 Å². The predicted octanol–water partition coefficient (Wildman–Crippen LogP) is 1.07. The molecule has 0 spiro atoms. The van der Waals surface area contributed by atoms with Crippen molar-refractivity contribution in [3.8, 4) is 0 Å². The highest BCUT2D eigenvalue weighted by atomic mass is 35.5. The molecule has 7 heteroatoms. The summed E-state index contributed by atoms with van der Waals surface area (Å²) >= 11 is 5.55. The normalized spacial score (nSPS) is 10.0. The van der Waals surface area contributed by atoms with E-state index in [0.29, 0.717) is 13.0 Å². The van der Waals surface area contributed by atoms with E-state index in [-0.39, 0.29) is 17.4 Å². The molecule has 0 saturated carbocycles. The van der Waals surface area contributed by atoms with Crippen LogP contribution in [0.2, 0.25) is 5.15 Å². The Hall–Kier alpha value is -1.69. The molecule has 0 aliphatic carbocycles. The van der Waals surface area contributed by atoms with Crippen molar-refractivity contribution >= 4 is 23.5 Å². The van der Waals surface area contributed by atoms with Gasteiger partial charge in [0.25, 0.3) is 5.91 Å². The van der Waals surface area contributed by atoms with Gasteiger partial charge in [0.1, 0.15) is 6.54 Å². The van der Waals surface area contributed by atoms with E-state index in [0.717, 1.165) is 0 Å². The molecule has 1 aromatic rings. The first-order chi connectivity index (χ1) is 8.04. The molecule has 0 bridgehead atoms. The maximum atomic E-state index is 11.9. The fourth-order valence-corrected chi connectivity index (χ4v) is 1.38. The number of amides is 1. The highest BCUT2D eigenvalue weighted by Crippen LogP contribution is 2.06. The lowest BCUT2D eigenvalue weighted by Crippen LogP contribution is -2.36. The number of carboxylic acids is 1. The van der Waals surface area contributed by atoms with Crippen LogP contribution >= 0.6 is 11.6 Å². The summed E-state index contributed by atoms with van der Waals surface area (Å²) in [6.45, 7) is 1.86. The molecule has 6 nitrogen and oxygen atoms in total. The SMILES string of the molecule is CCCN(CC(=O)O)C(=O)c1ccc(Cl)nn1. The molecule has 1 rings (SSSR count). The number of carbonyl (C=O) groups is 2.